The fraction of sp³-hybridized carbons (Fsp3) is 0.273. The van der Waals surface area contributed by atoms with Gasteiger partial charge in [-0.2, -0.15) is 0 Å². The van der Waals surface area contributed by atoms with Gasteiger partial charge >= 0.3 is 12.1 Å². The van der Waals surface area contributed by atoms with Gasteiger partial charge in [-0.3, -0.25) is 4.98 Å². The predicted octanol–water partition coefficient (Wildman–Crippen LogP) is 2.92. The summed E-state index contributed by atoms with van der Waals surface area (Å²) < 4.78 is 5.44. The topological polar surface area (TPSA) is 95.3 Å². The lowest BCUT2D eigenvalue weighted by molar-refractivity contribution is 0.0696. The molecule has 0 radical (unpaired) electrons. The molecule has 1 amide bonds. The first-order valence-electron chi connectivity index (χ1n) is 9.70. The molecular formula is C22H22N4O4. The third-order valence-electron chi connectivity index (χ3n) is 5.14. The molecule has 0 spiro atoms. The number of hydrogen-bond acceptors (Lipinski definition) is 6. The summed E-state index contributed by atoms with van der Waals surface area (Å²) in [4.78, 5) is 35.7. The second kappa shape index (κ2) is 8.77. The fourth-order valence-electron chi connectivity index (χ4n) is 3.51. The van der Waals surface area contributed by atoms with E-state index >= 15 is 0 Å². The highest BCUT2D eigenvalue weighted by Crippen LogP contribution is 2.24. The Morgan fingerprint density at radius 2 is 1.80 bits per heavy atom. The maximum Gasteiger partial charge on any atom is 0.410 e. The summed E-state index contributed by atoms with van der Waals surface area (Å²) >= 11 is 0. The Morgan fingerprint density at radius 3 is 2.53 bits per heavy atom. The number of benzene rings is 1. The second-order valence-electron chi connectivity index (χ2n) is 7.28. The molecule has 0 aliphatic carbocycles. The third-order valence-corrected chi connectivity index (χ3v) is 5.14. The van der Waals surface area contributed by atoms with Gasteiger partial charge in [0.05, 0.1) is 11.9 Å². The van der Waals surface area contributed by atoms with E-state index in [4.69, 9.17) is 9.84 Å². The quantitative estimate of drug-likeness (QED) is 0.820. The van der Waals surface area contributed by atoms with Crippen molar-refractivity contribution >= 4 is 18.4 Å². The number of nitrogens with zero attached hydrogens (tertiary/aromatic N) is 4. The highest BCUT2D eigenvalue weighted by Gasteiger charge is 2.26. The van der Waals surface area contributed by atoms with Crippen molar-refractivity contribution in [3.8, 4) is 0 Å². The summed E-state index contributed by atoms with van der Waals surface area (Å²) in [6, 6.07) is 10.5. The molecule has 2 aromatic rings. The maximum atomic E-state index is 12.5. The van der Waals surface area contributed by atoms with Gasteiger partial charge in [0.15, 0.2) is 0 Å². The van der Waals surface area contributed by atoms with Crippen LogP contribution in [0.15, 0.2) is 65.1 Å². The van der Waals surface area contributed by atoms with Crippen molar-refractivity contribution in [3.63, 3.8) is 0 Å². The van der Waals surface area contributed by atoms with Crippen molar-refractivity contribution < 1.29 is 19.4 Å². The molecule has 154 valence electrons. The molecule has 1 aromatic carbocycles. The van der Waals surface area contributed by atoms with Crippen LogP contribution >= 0.6 is 0 Å². The van der Waals surface area contributed by atoms with Gasteiger partial charge in [-0.1, -0.05) is 12.1 Å². The Hall–Kier alpha value is -3.68. The summed E-state index contributed by atoms with van der Waals surface area (Å²) in [6.45, 7) is 2.60. The number of aromatic carboxylic acids is 1. The van der Waals surface area contributed by atoms with Gasteiger partial charge in [0, 0.05) is 50.7 Å². The van der Waals surface area contributed by atoms with Gasteiger partial charge in [0.2, 0.25) is 0 Å². The van der Waals surface area contributed by atoms with Gasteiger partial charge in [0.1, 0.15) is 6.61 Å². The van der Waals surface area contributed by atoms with Crippen molar-refractivity contribution in [3.05, 3.63) is 76.8 Å². The van der Waals surface area contributed by atoms with Gasteiger partial charge in [0.25, 0.3) is 0 Å². The molecule has 1 N–H and O–H groups in total. The number of carboxylic acids is 1. The molecule has 8 heteroatoms. The van der Waals surface area contributed by atoms with Crippen molar-refractivity contribution in [1.29, 1.82) is 0 Å². The summed E-state index contributed by atoms with van der Waals surface area (Å²) in [5, 5.41) is 9.02. The molecule has 0 fully saturated rings. The third kappa shape index (κ3) is 4.65. The van der Waals surface area contributed by atoms with Crippen LogP contribution < -0.4 is 0 Å². The van der Waals surface area contributed by atoms with E-state index in [1.54, 1.807) is 29.4 Å². The van der Waals surface area contributed by atoms with Crippen molar-refractivity contribution in [2.45, 2.75) is 19.6 Å². The molecule has 8 nitrogen and oxygen atoms in total. The molecule has 0 unspecified atom stereocenters. The second-order valence-corrected chi connectivity index (χ2v) is 7.28. The Kier molecular flexibility index (Phi) is 5.74. The van der Waals surface area contributed by atoms with E-state index in [-0.39, 0.29) is 18.3 Å². The Bertz CT molecular complexity index is 986. The smallest absolute Gasteiger partial charge is 0.410 e. The van der Waals surface area contributed by atoms with Crippen LogP contribution in [0.2, 0.25) is 0 Å². The first kappa shape index (κ1) is 19.6. The lowest BCUT2D eigenvalue weighted by Crippen LogP contribution is -2.41. The van der Waals surface area contributed by atoms with Gasteiger partial charge in [-0.25, -0.2) is 14.6 Å². The summed E-state index contributed by atoms with van der Waals surface area (Å²) in [7, 11) is 0. The van der Waals surface area contributed by atoms with E-state index in [1.807, 2.05) is 30.6 Å². The number of amides is 1. The van der Waals surface area contributed by atoms with Crippen LogP contribution in [0.25, 0.3) is 0 Å². The molecular weight excluding hydrogens is 384 g/mol. The summed E-state index contributed by atoms with van der Waals surface area (Å²) in [5.41, 5.74) is 4.30. The molecule has 0 saturated heterocycles. The lowest BCUT2D eigenvalue weighted by Gasteiger charge is -2.34. The number of hydrogen-bond donors (Lipinski definition) is 1. The van der Waals surface area contributed by atoms with Crippen LogP contribution in [0.1, 0.15) is 27.9 Å². The molecule has 2 aliphatic heterocycles. The Morgan fingerprint density at radius 1 is 1.03 bits per heavy atom. The normalized spacial score (nSPS) is 15.7. The van der Waals surface area contributed by atoms with Gasteiger partial charge in [-0.05, 0) is 41.0 Å². The first-order chi connectivity index (χ1) is 14.6. The monoisotopic (exact) mass is 406 g/mol. The number of carboxylic acid groups (broad SMARTS) is 1. The van der Waals surface area contributed by atoms with E-state index in [9.17, 15) is 9.59 Å². The first-order valence-corrected chi connectivity index (χ1v) is 9.70. The van der Waals surface area contributed by atoms with Gasteiger partial charge in [-0.15, -0.1) is 0 Å². The number of carbonyl (C=O) groups is 2. The Labute approximate surface area is 174 Å². The van der Waals surface area contributed by atoms with Crippen LogP contribution in [-0.4, -0.2) is 57.9 Å². The van der Waals surface area contributed by atoms with Crippen molar-refractivity contribution in [2.24, 2.45) is 4.99 Å². The predicted molar refractivity (Wildman–Crippen MR) is 110 cm³/mol. The number of rotatable bonds is 5. The SMILES string of the molecule is O=C(O)c1ccc(CN2C=NC3=C(C2)CN(C(=O)OCc2ccncc2)CC3)cc1. The number of aromatic nitrogens is 1. The highest BCUT2D eigenvalue weighted by molar-refractivity contribution is 5.87. The van der Waals surface area contributed by atoms with E-state index in [0.29, 0.717) is 32.6 Å². The minimum absolute atomic E-state index is 0.223. The van der Waals surface area contributed by atoms with Crippen molar-refractivity contribution in [2.75, 3.05) is 19.6 Å². The number of ether oxygens (including phenoxy) is 1. The minimum Gasteiger partial charge on any atom is -0.478 e. The number of pyridine rings is 1. The van der Waals surface area contributed by atoms with Crippen LogP contribution in [0, 0.1) is 0 Å². The molecule has 2 aliphatic rings. The molecule has 0 atom stereocenters. The lowest BCUT2D eigenvalue weighted by atomic mass is 10.0. The highest BCUT2D eigenvalue weighted by atomic mass is 16.6. The van der Waals surface area contributed by atoms with E-state index in [0.717, 1.165) is 22.4 Å². The van der Waals surface area contributed by atoms with Crippen LogP contribution in [0.4, 0.5) is 4.79 Å². The van der Waals surface area contributed by atoms with Gasteiger partial charge < -0.3 is 19.6 Å². The summed E-state index contributed by atoms with van der Waals surface area (Å²) in [5.74, 6) is -0.936. The molecule has 4 rings (SSSR count). The van der Waals surface area contributed by atoms with E-state index in [2.05, 4.69) is 14.9 Å². The zero-order valence-electron chi connectivity index (χ0n) is 16.4. The maximum absolute atomic E-state index is 12.5. The molecule has 30 heavy (non-hydrogen) atoms. The average molecular weight is 406 g/mol. The largest absolute Gasteiger partial charge is 0.478 e. The van der Waals surface area contributed by atoms with Crippen LogP contribution in [0.5, 0.6) is 0 Å². The number of aliphatic imine (C=N–C) groups is 1. The number of carbonyl (C=O) groups excluding carboxylic acids is 1. The summed E-state index contributed by atoms with van der Waals surface area (Å²) in [6.07, 6.45) is 5.54. The minimum atomic E-state index is -0.936. The molecule has 1 aromatic heterocycles. The molecule has 3 heterocycles. The Balaban J connectivity index is 1.33. The van der Waals surface area contributed by atoms with Crippen LogP contribution in [0.3, 0.4) is 0 Å². The zero-order chi connectivity index (χ0) is 20.9. The van der Waals surface area contributed by atoms with Crippen LogP contribution in [-0.2, 0) is 17.9 Å². The van der Waals surface area contributed by atoms with Crippen molar-refractivity contribution in [1.82, 2.24) is 14.8 Å². The average Bonchev–Trinajstić information content (AvgIpc) is 2.78. The van der Waals surface area contributed by atoms with E-state index < -0.39 is 5.97 Å². The molecule has 0 bridgehead atoms. The fourth-order valence-corrected chi connectivity index (χ4v) is 3.51. The standard InChI is InChI=1S/C22H22N4O4/c27-21(28)18-3-1-16(2-4-18)11-25-12-19-13-26(10-7-20(19)24-15-25)22(29)30-14-17-5-8-23-9-6-17/h1-6,8-9,15H,7,10-14H2,(H,27,28). The van der Waals surface area contributed by atoms with E-state index in [1.165, 1.54) is 0 Å². The molecule has 0 saturated carbocycles. The zero-order valence-corrected chi connectivity index (χ0v) is 16.4.